The number of anilines is 2. The summed E-state index contributed by atoms with van der Waals surface area (Å²) in [4.78, 5) is -0.0353. The second-order valence-electron chi connectivity index (χ2n) is 4.37. The highest BCUT2D eigenvalue weighted by atomic mass is 32.2. The fourth-order valence-corrected chi connectivity index (χ4v) is 3.34. The van der Waals surface area contributed by atoms with E-state index in [2.05, 4.69) is 5.10 Å². The number of nitrogens with zero attached hydrogens (tertiary/aromatic N) is 3. The van der Waals surface area contributed by atoms with Crippen LogP contribution in [-0.4, -0.2) is 25.2 Å². The standard InChI is InChI=1S/C12H15FN4O2S/c1-8-11(12(14)15-16(8)2)20(18,19)17(3)10-6-4-9(13)5-7-10/h4-7H,1-3H3,(H2,14,15). The van der Waals surface area contributed by atoms with E-state index in [1.54, 1.807) is 14.0 Å². The Bertz CT molecular complexity index is 738. The van der Waals surface area contributed by atoms with Gasteiger partial charge < -0.3 is 5.73 Å². The third-order valence-electron chi connectivity index (χ3n) is 3.11. The summed E-state index contributed by atoms with van der Waals surface area (Å²) in [5.74, 6) is -0.490. The summed E-state index contributed by atoms with van der Waals surface area (Å²) in [6.45, 7) is 1.62. The van der Waals surface area contributed by atoms with Crippen LogP contribution in [0.3, 0.4) is 0 Å². The minimum absolute atomic E-state index is 0.0353. The van der Waals surface area contributed by atoms with Crippen molar-refractivity contribution in [3.63, 3.8) is 0 Å². The zero-order chi connectivity index (χ0) is 15.1. The molecule has 2 aromatic rings. The van der Waals surface area contributed by atoms with Crippen LogP contribution in [0.15, 0.2) is 29.2 Å². The van der Waals surface area contributed by atoms with Gasteiger partial charge in [0.05, 0.1) is 11.4 Å². The number of rotatable bonds is 3. The third-order valence-corrected chi connectivity index (χ3v) is 5.07. The van der Waals surface area contributed by atoms with Crippen LogP contribution in [0.4, 0.5) is 15.9 Å². The van der Waals surface area contributed by atoms with Crippen LogP contribution in [0.1, 0.15) is 5.69 Å². The molecule has 0 bridgehead atoms. The number of hydrogen-bond donors (Lipinski definition) is 1. The predicted octanol–water partition coefficient (Wildman–Crippen LogP) is 1.27. The second-order valence-corrected chi connectivity index (χ2v) is 6.28. The average molecular weight is 298 g/mol. The van der Waals surface area contributed by atoms with E-state index in [1.165, 1.54) is 36.0 Å². The maximum Gasteiger partial charge on any atom is 0.269 e. The van der Waals surface area contributed by atoms with Crippen LogP contribution in [0.25, 0.3) is 0 Å². The molecule has 0 aliphatic rings. The lowest BCUT2D eigenvalue weighted by Crippen LogP contribution is -2.27. The highest BCUT2D eigenvalue weighted by Gasteiger charge is 2.29. The Balaban J connectivity index is 2.52. The zero-order valence-corrected chi connectivity index (χ0v) is 12.1. The summed E-state index contributed by atoms with van der Waals surface area (Å²) in [5.41, 5.74) is 6.45. The van der Waals surface area contributed by atoms with E-state index in [9.17, 15) is 12.8 Å². The van der Waals surface area contributed by atoms with E-state index in [0.29, 0.717) is 11.4 Å². The van der Waals surface area contributed by atoms with Crippen molar-refractivity contribution in [1.82, 2.24) is 9.78 Å². The van der Waals surface area contributed by atoms with E-state index in [-0.39, 0.29) is 10.7 Å². The van der Waals surface area contributed by atoms with Crippen LogP contribution in [0.2, 0.25) is 0 Å². The number of aromatic nitrogens is 2. The molecular formula is C12H15FN4O2S. The summed E-state index contributed by atoms with van der Waals surface area (Å²) in [5, 5.41) is 3.90. The monoisotopic (exact) mass is 298 g/mol. The van der Waals surface area contributed by atoms with Gasteiger partial charge in [0.25, 0.3) is 10.0 Å². The van der Waals surface area contributed by atoms with Gasteiger partial charge in [0.2, 0.25) is 0 Å². The molecule has 0 amide bonds. The van der Waals surface area contributed by atoms with Crippen molar-refractivity contribution in [2.45, 2.75) is 11.8 Å². The number of sulfonamides is 1. The maximum absolute atomic E-state index is 12.9. The van der Waals surface area contributed by atoms with Crippen molar-refractivity contribution in [3.05, 3.63) is 35.8 Å². The molecule has 0 aliphatic heterocycles. The molecule has 0 unspecified atom stereocenters. The summed E-state index contributed by atoms with van der Waals surface area (Å²) in [6, 6.07) is 5.16. The number of nitrogens with two attached hydrogens (primary N) is 1. The Kier molecular flexibility index (Phi) is 3.43. The van der Waals surface area contributed by atoms with Crippen molar-refractivity contribution in [2.24, 2.45) is 7.05 Å². The Morgan fingerprint density at radius 3 is 2.30 bits per heavy atom. The summed E-state index contributed by atoms with van der Waals surface area (Å²) < 4.78 is 40.5. The zero-order valence-electron chi connectivity index (χ0n) is 11.3. The molecule has 0 radical (unpaired) electrons. The minimum atomic E-state index is -3.84. The molecule has 108 valence electrons. The lowest BCUT2D eigenvalue weighted by Gasteiger charge is -2.19. The van der Waals surface area contributed by atoms with Crippen LogP contribution in [-0.2, 0) is 17.1 Å². The third kappa shape index (κ3) is 2.22. The molecule has 0 aliphatic carbocycles. The van der Waals surface area contributed by atoms with Crippen LogP contribution < -0.4 is 10.0 Å². The first kappa shape index (κ1) is 14.3. The summed E-state index contributed by atoms with van der Waals surface area (Å²) in [7, 11) is -0.846. The lowest BCUT2D eigenvalue weighted by molar-refractivity contribution is 0.593. The van der Waals surface area contributed by atoms with Crippen molar-refractivity contribution in [1.29, 1.82) is 0 Å². The molecule has 2 N–H and O–H groups in total. The van der Waals surface area contributed by atoms with Gasteiger partial charge in [0.1, 0.15) is 5.82 Å². The first-order chi connectivity index (χ1) is 9.25. The number of hydrogen-bond acceptors (Lipinski definition) is 4. The topological polar surface area (TPSA) is 81.2 Å². The Morgan fingerprint density at radius 2 is 1.85 bits per heavy atom. The van der Waals surface area contributed by atoms with Gasteiger partial charge in [-0.05, 0) is 31.2 Å². The first-order valence-corrected chi connectivity index (χ1v) is 7.22. The SMILES string of the molecule is Cc1c(S(=O)(=O)N(C)c2ccc(F)cc2)c(N)nn1C. The fraction of sp³-hybridized carbons (Fsp3) is 0.250. The Hall–Kier alpha value is -2.09. The van der Waals surface area contributed by atoms with Crippen molar-refractivity contribution < 1.29 is 12.8 Å². The highest BCUT2D eigenvalue weighted by Crippen LogP contribution is 2.27. The quantitative estimate of drug-likeness (QED) is 0.925. The minimum Gasteiger partial charge on any atom is -0.381 e. The Morgan fingerprint density at radius 1 is 1.30 bits per heavy atom. The molecule has 6 nitrogen and oxygen atoms in total. The fourth-order valence-electron chi connectivity index (χ4n) is 1.86. The van der Waals surface area contributed by atoms with E-state index < -0.39 is 15.8 Å². The number of benzene rings is 1. The van der Waals surface area contributed by atoms with Crippen molar-refractivity contribution in [2.75, 3.05) is 17.1 Å². The molecule has 0 atom stereocenters. The van der Waals surface area contributed by atoms with Gasteiger partial charge in [0.15, 0.2) is 10.7 Å². The van der Waals surface area contributed by atoms with Gasteiger partial charge >= 0.3 is 0 Å². The largest absolute Gasteiger partial charge is 0.381 e. The molecule has 0 saturated heterocycles. The molecule has 1 heterocycles. The number of halogens is 1. The van der Waals surface area contributed by atoms with Crippen LogP contribution in [0, 0.1) is 12.7 Å². The normalized spacial score (nSPS) is 11.6. The van der Waals surface area contributed by atoms with Crippen LogP contribution >= 0.6 is 0 Å². The molecule has 2 rings (SSSR count). The molecule has 8 heteroatoms. The van der Waals surface area contributed by atoms with Gasteiger partial charge in [-0.2, -0.15) is 5.10 Å². The molecule has 0 saturated carbocycles. The van der Waals surface area contributed by atoms with Gasteiger partial charge in [-0.15, -0.1) is 0 Å². The summed E-state index contributed by atoms with van der Waals surface area (Å²) in [6.07, 6.45) is 0. The maximum atomic E-state index is 12.9. The smallest absolute Gasteiger partial charge is 0.269 e. The van der Waals surface area contributed by atoms with Crippen LogP contribution in [0.5, 0.6) is 0 Å². The molecule has 0 fully saturated rings. The predicted molar refractivity (Wildman–Crippen MR) is 74.3 cm³/mol. The van der Waals surface area contributed by atoms with Crippen molar-refractivity contribution in [3.8, 4) is 0 Å². The average Bonchev–Trinajstić information content (AvgIpc) is 2.63. The lowest BCUT2D eigenvalue weighted by atomic mass is 10.3. The summed E-state index contributed by atoms with van der Waals surface area (Å²) >= 11 is 0. The van der Waals surface area contributed by atoms with Crippen molar-refractivity contribution >= 4 is 21.5 Å². The first-order valence-electron chi connectivity index (χ1n) is 5.78. The molecule has 0 spiro atoms. The molecule has 1 aromatic carbocycles. The molecule has 1 aromatic heterocycles. The Labute approximate surface area is 116 Å². The van der Waals surface area contributed by atoms with E-state index in [4.69, 9.17) is 5.73 Å². The van der Waals surface area contributed by atoms with Gasteiger partial charge in [-0.25, -0.2) is 12.8 Å². The second kappa shape index (κ2) is 4.78. The van der Waals surface area contributed by atoms with E-state index >= 15 is 0 Å². The number of aryl methyl sites for hydroxylation is 1. The van der Waals surface area contributed by atoms with E-state index in [0.717, 1.165) is 4.31 Å². The van der Waals surface area contributed by atoms with Gasteiger partial charge in [0, 0.05) is 14.1 Å². The molecule has 20 heavy (non-hydrogen) atoms. The number of nitrogen functional groups attached to an aromatic ring is 1. The van der Waals surface area contributed by atoms with Gasteiger partial charge in [-0.3, -0.25) is 8.99 Å². The van der Waals surface area contributed by atoms with Gasteiger partial charge in [-0.1, -0.05) is 0 Å². The molecular weight excluding hydrogens is 283 g/mol. The highest BCUT2D eigenvalue weighted by molar-refractivity contribution is 7.93. The van der Waals surface area contributed by atoms with E-state index in [1.807, 2.05) is 0 Å².